The van der Waals surface area contributed by atoms with Crippen LogP contribution in [0.4, 0.5) is 0 Å². The lowest BCUT2D eigenvalue weighted by Crippen LogP contribution is -2.31. The number of benzene rings is 3. The average molecular weight is 446 g/mol. The Labute approximate surface area is 189 Å². The molecule has 3 aromatic carbocycles. The Hall–Kier alpha value is -3.22. The van der Waals surface area contributed by atoms with Gasteiger partial charge in [0.2, 0.25) is 0 Å². The van der Waals surface area contributed by atoms with Crippen LogP contribution in [0.5, 0.6) is 0 Å². The molecule has 1 aromatic heterocycles. The summed E-state index contributed by atoms with van der Waals surface area (Å²) in [4.78, 5) is 7.92. The van der Waals surface area contributed by atoms with Gasteiger partial charge in [-0.25, -0.2) is 13.4 Å². The summed E-state index contributed by atoms with van der Waals surface area (Å²) in [6.07, 6.45) is 3.51. The zero-order chi connectivity index (χ0) is 22.6. The molecule has 1 heterocycles. The quantitative estimate of drug-likeness (QED) is 0.414. The SMILES string of the molecule is CS(=O)(=O)C(CCN)C(c1ccccc1)c1cccc(-c2cnc(-c3ccccc3)[nH]2)c1. The van der Waals surface area contributed by atoms with E-state index >= 15 is 0 Å². The fraction of sp³-hybridized carbons (Fsp3) is 0.192. The number of rotatable bonds is 8. The molecule has 164 valence electrons. The molecule has 6 heteroatoms. The first-order chi connectivity index (χ1) is 15.5. The summed E-state index contributed by atoms with van der Waals surface area (Å²) in [5.41, 5.74) is 10.6. The van der Waals surface area contributed by atoms with E-state index in [9.17, 15) is 8.42 Å². The van der Waals surface area contributed by atoms with Crippen molar-refractivity contribution in [2.45, 2.75) is 17.6 Å². The molecule has 4 aromatic rings. The Kier molecular flexibility index (Phi) is 6.53. The van der Waals surface area contributed by atoms with Crippen molar-refractivity contribution in [3.8, 4) is 22.6 Å². The van der Waals surface area contributed by atoms with Gasteiger partial charge in [0.25, 0.3) is 0 Å². The van der Waals surface area contributed by atoms with Crippen molar-refractivity contribution in [1.82, 2.24) is 9.97 Å². The summed E-state index contributed by atoms with van der Waals surface area (Å²) in [5.74, 6) is 0.481. The van der Waals surface area contributed by atoms with Gasteiger partial charge in [0.1, 0.15) is 5.82 Å². The van der Waals surface area contributed by atoms with Gasteiger partial charge in [-0.05, 0) is 35.7 Å². The lowest BCUT2D eigenvalue weighted by atomic mass is 9.86. The molecule has 0 aliphatic heterocycles. The second kappa shape index (κ2) is 9.51. The Morgan fingerprint density at radius 2 is 1.50 bits per heavy atom. The Morgan fingerprint density at radius 1 is 0.875 bits per heavy atom. The minimum Gasteiger partial charge on any atom is -0.338 e. The molecule has 0 radical (unpaired) electrons. The lowest BCUT2D eigenvalue weighted by molar-refractivity contribution is 0.562. The molecule has 0 fully saturated rings. The van der Waals surface area contributed by atoms with Crippen molar-refractivity contribution < 1.29 is 8.42 Å². The molecule has 5 nitrogen and oxygen atoms in total. The summed E-state index contributed by atoms with van der Waals surface area (Å²) in [7, 11) is -3.33. The molecule has 0 saturated heterocycles. The zero-order valence-electron chi connectivity index (χ0n) is 18.0. The summed E-state index contributed by atoms with van der Waals surface area (Å²) in [5, 5.41) is -0.605. The molecule has 0 aliphatic rings. The van der Waals surface area contributed by atoms with E-state index in [0.29, 0.717) is 13.0 Å². The van der Waals surface area contributed by atoms with Gasteiger partial charge in [0.15, 0.2) is 9.84 Å². The van der Waals surface area contributed by atoms with E-state index in [4.69, 9.17) is 5.73 Å². The average Bonchev–Trinajstić information content (AvgIpc) is 3.30. The number of imidazole rings is 1. The van der Waals surface area contributed by atoms with Crippen LogP contribution >= 0.6 is 0 Å². The maximum absolute atomic E-state index is 12.8. The van der Waals surface area contributed by atoms with Gasteiger partial charge in [-0.3, -0.25) is 0 Å². The summed E-state index contributed by atoms with van der Waals surface area (Å²) >= 11 is 0. The van der Waals surface area contributed by atoms with E-state index in [2.05, 4.69) is 16.0 Å². The molecule has 0 saturated carbocycles. The van der Waals surface area contributed by atoms with Crippen LogP contribution < -0.4 is 5.73 Å². The van der Waals surface area contributed by atoms with Gasteiger partial charge in [-0.15, -0.1) is 0 Å². The van der Waals surface area contributed by atoms with E-state index in [-0.39, 0.29) is 5.92 Å². The third-order valence-corrected chi connectivity index (χ3v) is 7.32. The van der Waals surface area contributed by atoms with E-state index < -0.39 is 15.1 Å². The second-order valence-corrected chi connectivity index (χ2v) is 10.2. The highest BCUT2D eigenvalue weighted by atomic mass is 32.2. The standard InChI is InChI=1S/C26H27N3O2S/c1-32(30,31)24(15-16-27)25(19-9-4-2-5-10-19)22-14-8-13-21(17-22)23-18-28-26(29-23)20-11-6-3-7-12-20/h2-14,17-18,24-25H,15-16,27H2,1H3,(H,28,29). The van der Waals surface area contributed by atoms with Gasteiger partial charge in [0.05, 0.1) is 17.1 Å². The maximum Gasteiger partial charge on any atom is 0.151 e. The fourth-order valence-corrected chi connectivity index (χ4v) is 5.56. The number of aromatic amines is 1. The third kappa shape index (κ3) is 4.82. The topological polar surface area (TPSA) is 88.8 Å². The Morgan fingerprint density at radius 3 is 2.16 bits per heavy atom. The number of hydrogen-bond donors (Lipinski definition) is 2. The molecule has 3 N–H and O–H groups in total. The highest BCUT2D eigenvalue weighted by Gasteiger charge is 2.32. The van der Waals surface area contributed by atoms with E-state index in [0.717, 1.165) is 33.8 Å². The first kappa shape index (κ1) is 22.0. The molecule has 4 rings (SSSR count). The largest absolute Gasteiger partial charge is 0.338 e. The van der Waals surface area contributed by atoms with Gasteiger partial charge in [0, 0.05) is 17.7 Å². The van der Waals surface area contributed by atoms with Crippen molar-refractivity contribution in [3.63, 3.8) is 0 Å². The first-order valence-electron chi connectivity index (χ1n) is 10.6. The number of H-pyrrole nitrogens is 1. The molecule has 0 aliphatic carbocycles. The zero-order valence-corrected chi connectivity index (χ0v) is 18.8. The van der Waals surface area contributed by atoms with Crippen LogP contribution in [-0.4, -0.2) is 36.4 Å². The Bertz CT molecular complexity index is 1270. The molecule has 0 spiro atoms. The van der Waals surface area contributed by atoms with Crippen molar-refractivity contribution in [2.75, 3.05) is 12.8 Å². The van der Waals surface area contributed by atoms with Crippen LogP contribution in [0.3, 0.4) is 0 Å². The second-order valence-electron chi connectivity index (χ2n) is 7.97. The van der Waals surface area contributed by atoms with E-state index in [1.165, 1.54) is 6.26 Å². The van der Waals surface area contributed by atoms with Crippen molar-refractivity contribution in [1.29, 1.82) is 0 Å². The van der Waals surface area contributed by atoms with Crippen molar-refractivity contribution >= 4 is 9.84 Å². The third-order valence-electron chi connectivity index (χ3n) is 5.71. The molecule has 0 amide bonds. The fourth-order valence-electron chi connectivity index (χ4n) is 4.18. The Balaban J connectivity index is 1.77. The van der Waals surface area contributed by atoms with Gasteiger partial charge in [-0.2, -0.15) is 0 Å². The molecular formula is C26H27N3O2S. The van der Waals surface area contributed by atoms with Crippen LogP contribution in [0.2, 0.25) is 0 Å². The van der Waals surface area contributed by atoms with Gasteiger partial charge >= 0.3 is 0 Å². The summed E-state index contributed by atoms with van der Waals surface area (Å²) < 4.78 is 25.5. The van der Waals surface area contributed by atoms with Gasteiger partial charge in [-0.1, -0.05) is 78.9 Å². The number of hydrogen-bond acceptors (Lipinski definition) is 4. The highest BCUT2D eigenvalue weighted by molar-refractivity contribution is 7.91. The monoisotopic (exact) mass is 445 g/mol. The number of nitrogens with zero attached hydrogens (tertiary/aromatic N) is 1. The summed E-state index contributed by atoms with van der Waals surface area (Å²) in [6, 6.07) is 27.7. The minimum atomic E-state index is -3.33. The van der Waals surface area contributed by atoms with Crippen LogP contribution in [0.15, 0.2) is 91.1 Å². The molecule has 2 atom stereocenters. The predicted molar refractivity (Wildman–Crippen MR) is 130 cm³/mol. The lowest BCUT2D eigenvalue weighted by Gasteiger charge is -2.27. The van der Waals surface area contributed by atoms with Crippen LogP contribution in [-0.2, 0) is 9.84 Å². The van der Waals surface area contributed by atoms with E-state index in [1.54, 1.807) is 0 Å². The number of sulfone groups is 1. The van der Waals surface area contributed by atoms with Crippen LogP contribution in [0, 0.1) is 0 Å². The number of nitrogens with two attached hydrogens (primary N) is 1. The normalized spacial score (nSPS) is 13.6. The number of nitrogens with one attached hydrogen (secondary N) is 1. The van der Waals surface area contributed by atoms with Crippen LogP contribution in [0.25, 0.3) is 22.6 Å². The van der Waals surface area contributed by atoms with Gasteiger partial charge < -0.3 is 10.7 Å². The van der Waals surface area contributed by atoms with Crippen LogP contribution in [0.1, 0.15) is 23.5 Å². The predicted octanol–water partition coefficient (Wildman–Crippen LogP) is 4.64. The number of aromatic nitrogens is 2. The van der Waals surface area contributed by atoms with E-state index in [1.807, 2.05) is 85.1 Å². The molecule has 2 unspecified atom stereocenters. The summed E-state index contributed by atoms with van der Waals surface area (Å²) in [6.45, 7) is 0.307. The first-order valence-corrected chi connectivity index (χ1v) is 12.6. The smallest absolute Gasteiger partial charge is 0.151 e. The van der Waals surface area contributed by atoms with Crippen molar-refractivity contribution in [2.24, 2.45) is 5.73 Å². The maximum atomic E-state index is 12.8. The minimum absolute atomic E-state index is 0.307. The highest BCUT2D eigenvalue weighted by Crippen LogP contribution is 2.35. The molecule has 32 heavy (non-hydrogen) atoms. The molecular weight excluding hydrogens is 418 g/mol. The molecule has 0 bridgehead atoms. The van der Waals surface area contributed by atoms with Crippen molar-refractivity contribution in [3.05, 3.63) is 102 Å².